The number of carboxylic acid groups (broad SMARTS) is 1. The highest BCUT2D eigenvalue weighted by molar-refractivity contribution is 6.29. The number of anilines is 2. The van der Waals surface area contributed by atoms with Gasteiger partial charge >= 0.3 is 5.97 Å². The van der Waals surface area contributed by atoms with Crippen molar-refractivity contribution in [1.29, 1.82) is 5.26 Å². The van der Waals surface area contributed by atoms with E-state index in [1.165, 1.54) is 0 Å². The maximum Gasteiger partial charge on any atom is 0.356 e. The van der Waals surface area contributed by atoms with Gasteiger partial charge < -0.3 is 20.2 Å². The van der Waals surface area contributed by atoms with Crippen molar-refractivity contribution in [3.63, 3.8) is 0 Å². The standard InChI is InChI=1S/C25H26ClN7O2/c1-13-6-17(14(2)28-18-4-5-21(26)30-23(18)25(34)35)22-19(7-13)29-20(8-27)24(31-22)33-11-15-9-32(3)10-16(15)12-33/h4-7,14-16,28H,9-12H2,1-3H3,(H,34,35)/t14-,15?,16?/m1/s1. The molecular formula is C25H26ClN7O2. The second-order valence-electron chi connectivity index (χ2n) is 9.58. The molecule has 10 heteroatoms. The van der Waals surface area contributed by atoms with Gasteiger partial charge in [0.1, 0.15) is 11.2 Å². The van der Waals surface area contributed by atoms with Crippen molar-refractivity contribution in [2.24, 2.45) is 11.8 Å². The second kappa shape index (κ2) is 8.95. The van der Waals surface area contributed by atoms with E-state index in [1.807, 2.05) is 26.0 Å². The zero-order chi connectivity index (χ0) is 24.9. The van der Waals surface area contributed by atoms with Gasteiger partial charge in [0.15, 0.2) is 17.2 Å². The van der Waals surface area contributed by atoms with Crippen LogP contribution in [0.3, 0.4) is 0 Å². The van der Waals surface area contributed by atoms with E-state index in [-0.39, 0.29) is 16.9 Å². The monoisotopic (exact) mass is 491 g/mol. The summed E-state index contributed by atoms with van der Waals surface area (Å²) in [6.45, 7) is 7.72. The van der Waals surface area contributed by atoms with Crippen LogP contribution in [0, 0.1) is 30.1 Å². The number of carbonyl (C=O) groups is 1. The van der Waals surface area contributed by atoms with Crippen molar-refractivity contribution in [3.05, 3.63) is 51.9 Å². The molecule has 4 heterocycles. The van der Waals surface area contributed by atoms with Crippen LogP contribution < -0.4 is 10.2 Å². The lowest BCUT2D eigenvalue weighted by molar-refractivity contribution is 0.0691. The maximum atomic E-state index is 11.7. The van der Waals surface area contributed by atoms with Crippen molar-refractivity contribution in [2.75, 3.05) is 43.4 Å². The van der Waals surface area contributed by atoms with Gasteiger partial charge in [0.2, 0.25) is 0 Å². The lowest BCUT2D eigenvalue weighted by atomic mass is 10.0. The fraction of sp³-hybridized carbons (Fsp3) is 0.400. The number of nitriles is 1. The number of halogens is 1. The normalized spacial score (nSPS) is 20.6. The molecule has 5 rings (SSSR count). The Kier molecular flexibility index (Phi) is 5.95. The van der Waals surface area contributed by atoms with Crippen LogP contribution >= 0.6 is 11.6 Å². The van der Waals surface area contributed by atoms with E-state index in [0.29, 0.717) is 40.1 Å². The average Bonchev–Trinajstić information content (AvgIpc) is 3.36. The first-order chi connectivity index (χ1) is 16.7. The third-order valence-electron chi connectivity index (χ3n) is 6.90. The summed E-state index contributed by atoms with van der Waals surface area (Å²) in [5.41, 5.74) is 3.72. The van der Waals surface area contributed by atoms with E-state index < -0.39 is 5.97 Å². The molecule has 2 aromatic heterocycles. The third kappa shape index (κ3) is 4.35. The van der Waals surface area contributed by atoms with Gasteiger partial charge in [0.25, 0.3) is 0 Å². The van der Waals surface area contributed by atoms with Crippen LogP contribution in [0.25, 0.3) is 11.0 Å². The number of nitrogens with one attached hydrogen (secondary N) is 1. The van der Waals surface area contributed by atoms with Crippen molar-refractivity contribution in [3.8, 4) is 6.07 Å². The van der Waals surface area contributed by atoms with Crippen molar-refractivity contribution in [1.82, 2.24) is 19.9 Å². The largest absolute Gasteiger partial charge is 0.476 e. The number of aromatic nitrogens is 3. The predicted molar refractivity (Wildman–Crippen MR) is 134 cm³/mol. The van der Waals surface area contributed by atoms with Crippen LogP contribution in [0.15, 0.2) is 24.3 Å². The fourth-order valence-electron chi connectivity index (χ4n) is 5.38. The fourth-order valence-corrected chi connectivity index (χ4v) is 5.52. The number of nitrogens with zero attached hydrogens (tertiary/aromatic N) is 6. The van der Waals surface area contributed by atoms with Crippen LogP contribution in [-0.4, -0.2) is 64.2 Å². The lowest BCUT2D eigenvalue weighted by Gasteiger charge is -2.23. The van der Waals surface area contributed by atoms with Gasteiger partial charge in [-0.05, 0) is 56.5 Å². The lowest BCUT2D eigenvalue weighted by Crippen LogP contribution is -2.28. The molecule has 0 bridgehead atoms. The number of pyridine rings is 1. The molecule has 3 aromatic rings. The van der Waals surface area contributed by atoms with E-state index in [1.54, 1.807) is 12.1 Å². The van der Waals surface area contributed by atoms with E-state index >= 15 is 0 Å². The van der Waals surface area contributed by atoms with Gasteiger partial charge in [-0.3, -0.25) is 0 Å². The van der Waals surface area contributed by atoms with E-state index in [0.717, 1.165) is 37.3 Å². The number of fused-ring (bicyclic) bond motifs is 2. The number of aryl methyl sites for hydroxylation is 1. The Morgan fingerprint density at radius 2 is 1.91 bits per heavy atom. The zero-order valence-electron chi connectivity index (χ0n) is 19.8. The van der Waals surface area contributed by atoms with Crippen molar-refractivity contribution < 1.29 is 9.90 Å². The van der Waals surface area contributed by atoms with Crippen LogP contribution in [0.5, 0.6) is 0 Å². The molecule has 0 radical (unpaired) electrons. The first-order valence-electron chi connectivity index (χ1n) is 11.6. The molecule has 2 aliphatic heterocycles. The molecule has 2 saturated heterocycles. The highest BCUT2D eigenvalue weighted by Gasteiger charge is 2.40. The summed E-state index contributed by atoms with van der Waals surface area (Å²) in [6.07, 6.45) is 0. The molecule has 2 fully saturated rings. The first-order valence-corrected chi connectivity index (χ1v) is 11.9. The topological polar surface area (TPSA) is 118 Å². The Bertz CT molecular complexity index is 1360. The van der Waals surface area contributed by atoms with Crippen LogP contribution in [-0.2, 0) is 0 Å². The molecule has 0 saturated carbocycles. The number of rotatable bonds is 5. The van der Waals surface area contributed by atoms with Gasteiger partial charge in [-0.25, -0.2) is 19.7 Å². The van der Waals surface area contributed by atoms with E-state index in [9.17, 15) is 15.2 Å². The maximum absolute atomic E-state index is 11.7. The van der Waals surface area contributed by atoms with Crippen molar-refractivity contribution in [2.45, 2.75) is 19.9 Å². The Balaban J connectivity index is 1.54. The molecule has 0 spiro atoms. The first kappa shape index (κ1) is 23.3. The molecule has 180 valence electrons. The number of benzene rings is 1. The summed E-state index contributed by atoms with van der Waals surface area (Å²) in [4.78, 5) is 29.9. The van der Waals surface area contributed by atoms with Crippen LogP contribution in [0.2, 0.25) is 5.15 Å². The van der Waals surface area contributed by atoms with Crippen LogP contribution in [0.1, 0.15) is 40.3 Å². The third-order valence-corrected chi connectivity index (χ3v) is 7.11. The minimum Gasteiger partial charge on any atom is -0.476 e. The summed E-state index contributed by atoms with van der Waals surface area (Å²) < 4.78 is 0. The molecule has 2 unspecified atom stereocenters. The van der Waals surface area contributed by atoms with Gasteiger partial charge in [-0.15, -0.1) is 0 Å². The molecule has 2 aliphatic rings. The Morgan fingerprint density at radius 1 is 1.20 bits per heavy atom. The minimum absolute atomic E-state index is 0.114. The molecule has 2 N–H and O–H groups in total. The number of carboxylic acids is 1. The van der Waals surface area contributed by atoms with Gasteiger partial charge in [0, 0.05) is 31.7 Å². The molecule has 0 aliphatic carbocycles. The smallest absolute Gasteiger partial charge is 0.356 e. The molecule has 35 heavy (non-hydrogen) atoms. The predicted octanol–water partition coefficient (Wildman–Crippen LogP) is 3.73. The molecule has 3 atom stereocenters. The minimum atomic E-state index is -1.16. The highest BCUT2D eigenvalue weighted by Crippen LogP contribution is 2.35. The van der Waals surface area contributed by atoms with E-state index in [4.69, 9.17) is 16.6 Å². The number of aromatic carboxylic acids is 1. The number of likely N-dealkylation sites (tertiary alicyclic amines) is 1. The van der Waals surface area contributed by atoms with E-state index in [2.05, 4.69) is 38.2 Å². The molecular weight excluding hydrogens is 466 g/mol. The summed E-state index contributed by atoms with van der Waals surface area (Å²) in [5.74, 6) is 0.582. The Hall–Kier alpha value is -3.48. The van der Waals surface area contributed by atoms with Gasteiger partial charge in [-0.1, -0.05) is 17.7 Å². The van der Waals surface area contributed by atoms with Crippen molar-refractivity contribution >= 4 is 40.1 Å². The highest BCUT2D eigenvalue weighted by atomic mass is 35.5. The molecule has 9 nitrogen and oxygen atoms in total. The second-order valence-corrected chi connectivity index (χ2v) is 9.96. The van der Waals surface area contributed by atoms with Gasteiger partial charge in [-0.2, -0.15) is 5.26 Å². The quantitative estimate of drug-likeness (QED) is 0.514. The Labute approximate surface area is 208 Å². The number of hydrogen-bond acceptors (Lipinski definition) is 8. The number of hydrogen-bond donors (Lipinski definition) is 2. The molecule has 1 aromatic carbocycles. The SMILES string of the molecule is Cc1cc([C@@H](C)Nc2ccc(Cl)nc2C(=O)O)c2nc(N3CC4CN(C)CC4C3)c(C#N)nc2c1. The average molecular weight is 492 g/mol. The van der Waals surface area contributed by atoms with Crippen LogP contribution in [0.4, 0.5) is 11.5 Å². The summed E-state index contributed by atoms with van der Waals surface area (Å²) >= 11 is 5.91. The summed E-state index contributed by atoms with van der Waals surface area (Å²) in [5, 5.41) is 22.8. The summed E-state index contributed by atoms with van der Waals surface area (Å²) in [7, 11) is 2.15. The Morgan fingerprint density at radius 3 is 2.57 bits per heavy atom. The summed E-state index contributed by atoms with van der Waals surface area (Å²) in [6, 6.07) is 9.04. The molecule has 0 amide bonds. The zero-order valence-corrected chi connectivity index (χ0v) is 20.5. The van der Waals surface area contributed by atoms with Gasteiger partial charge in [0.05, 0.1) is 22.8 Å².